The van der Waals surface area contributed by atoms with Crippen molar-refractivity contribution >= 4 is 22.6 Å². The van der Waals surface area contributed by atoms with E-state index in [-0.39, 0.29) is 17.1 Å². The van der Waals surface area contributed by atoms with Crippen molar-refractivity contribution in [2.45, 2.75) is 38.0 Å². The molecule has 2 aromatic carbocycles. The highest BCUT2D eigenvalue weighted by Crippen LogP contribution is 2.27. The summed E-state index contributed by atoms with van der Waals surface area (Å²) in [5.41, 5.74) is 2.38. The number of piperidine rings is 1. The summed E-state index contributed by atoms with van der Waals surface area (Å²) < 4.78 is 1.96. The van der Waals surface area contributed by atoms with Gasteiger partial charge in [0.1, 0.15) is 0 Å². The quantitative estimate of drug-likeness (QED) is 0.366. The van der Waals surface area contributed by atoms with Crippen molar-refractivity contribution in [1.29, 1.82) is 0 Å². The second kappa shape index (κ2) is 9.45. The lowest BCUT2D eigenvalue weighted by Crippen LogP contribution is -2.45. The van der Waals surface area contributed by atoms with E-state index in [0.717, 1.165) is 35.5 Å². The van der Waals surface area contributed by atoms with Gasteiger partial charge in [-0.3, -0.25) is 14.3 Å². The summed E-state index contributed by atoms with van der Waals surface area (Å²) in [6.45, 7) is 5.55. The summed E-state index contributed by atoms with van der Waals surface area (Å²) in [6, 6.07) is 19.3. The molecule has 0 unspecified atom stereocenters. The van der Waals surface area contributed by atoms with Crippen LogP contribution in [0.3, 0.4) is 0 Å². The maximum atomic E-state index is 12.8. The minimum absolute atomic E-state index is 0.0690. The number of hydrogen-bond acceptors (Lipinski definition) is 7. The predicted molar refractivity (Wildman–Crippen MR) is 121 cm³/mol. The molecule has 2 heterocycles. The number of para-hydroxylation sites is 1. The summed E-state index contributed by atoms with van der Waals surface area (Å²) in [7, 11) is 0. The maximum Gasteiger partial charge on any atom is 0.227 e. The number of hydrogen-bond donors (Lipinski definition) is 1. The van der Waals surface area contributed by atoms with E-state index in [1.54, 1.807) is 12.1 Å². The van der Waals surface area contributed by atoms with Crippen LogP contribution in [0.4, 0.5) is 0 Å². The SMILES string of the molecule is C[C@H]1CN(Cc2nnc(SC(=O)c3ccccc3)n2-c2ccccc2)[C@@H](C)C/C1=N\O. The first-order valence-electron chi connectivity index (χ1n) is 10.3. The Morgan fingerprint density at radius 1 is 1.10 bits per heavy atom. The first kappa shape index (κ1) is 21.3. The third kappa shape index (κ3) is 4.70. The van der Waals surface area contributed by atoms with Crippen molar-refractivity contribution in [3.8, 4) is 5.69 Å². The molecule has 0 saturated carbocycles. The van der Waals surface area contributed by atoms with Crippen LogP contribution < -0.4 is 0 Å². The molecule has 4 rings (SSSR count). The normalized spacial score (nSPS) is 20.8. The van der Waals surface area contributed by atoms with Crippen LogP contribution in [0.15, 0.2) is 71.0 Å². The van der Waals surface area contributed by atoms with Gasteiger partial charge in [-0.1, -0.05) is 60.6 Å². The van der Waals surface area contributed by atoms with Crippen LogP contribution in [-0.4, -0.2) is 48.3 Å². The molecule has 1 aliphatic rings. The summed E-state index contributed by atoms with van der Waals surface area (Å²) in [4.78, 5) is 15.1. The highest BCUT2D eigenvalue weighted by atomic mass is 32.2. The average Bonchev–Trinajstić information content (AvgIpc) is 3.19. The Morgan fingerprint density at radius 2 is 1.77 bits per heavy atom. The molecule has 0 amide bonds. The summed E-state index contributed by atoms with van der Waals surface area (Å²) in [6.07, 6.45) is 0.714. The molecule has 2 atom stereocenters. The van der Waals surface area contributed by atoms with E-state index < -0.39 is 0 Å². The standard InChI is InChI=1S/C23H25N5O2S/c1-16-14-27(17(2)13-20(16)26-30)15-21-24-25-23(28(21)19-11-7-4-8-12-19)31-22(29)18-9-5-3-6-10-18/h3-12,16-17,30H,13-15H2,1-2H3/b26-20+/t16-,17-/m0/s1. The van der Waals surface area contributed by atoms with Gasteiger partial charge in [-0.15, -0.1) is 10.2 Å². The Balaban J connectivity index is 1.63. The largest absolute Gasteiger partial charge is 0.411 e. The van der Waals surface area contributed by atoms with Crippen molar-refractivity contribution in [2.75, 3.05) is 6.54 Å². The predicted octanol–water partition coefficient (Wildman–Crippen LogP) is 4.26. The van der Waals surface area contributed by atoms with Crippen LogP contribution in [0.2, 0.25) is 0 Å². The fourth-order valence-electron chi connectivity index (χ4n) is 3.83. The lowest BCUT2D eigenvalue weighted by molar-refractivity contribution is 0.108. The molecule has 0 bridgehead atoms. The molecule has 0 spiro atoms. The van der Waals surface area contributed by atoms with E-state index in [1.165, 1.54) is 0 Å². The smallest absolute Gasteiger partial charge is 0.227 e. The van der Waals surface area contributed by atoms with Crippen molar-refractivity contribution in [3.63, 3.8) is 0 Å². The number of carbonyl (C=O) groups excluding carboxylic acids is 1. The third-order valence-electron chi connectivity index (χ3n) is 5.59. The van der Waals surface area contributed by atoms with Crippen LogP contribution >= 0.6 is 11.8 Å². The van der Waals surface area contributed by atoms with Gasteiger partial charge in [-0.2, -0.15) is 0 Å². The number of oxime groups is 1. The molecule has 7 nitrogen and oxygen atoms in total. The summed E-state index contributed by atoms with van der Waals surface area (Å²) in [5, 5.41) is 22.0. The van der Waals surface area contributed by atoms with E-state index in [1.807, 2.05) is 53.1 Å². The Bertz CT molecular complexity index is 1070. The fourth-order valence-corrected chi connectivity index (χ4v) is 4.64. The van der Waals surface area contributed by atoms with Gasteiger partial charge in [0.05, 0.1) is 12.3 Å². The molecule has 160 valence electrons. The molecule has 0 aliphatic carbocycles. The molecular weight excluding hydrogens is 410 g/mol. The highest BCUT2D eigenvalue weighted by molar-refractivity contribution is 8.14. The van der Waals surface area contributed by atoms with Gasteiger partial charge < -0.3 is 5.21 Å². The van der Waals surface area contributed by atoms with Gasteiger partial charge >= 0.3 is 0 Å². The minimum atomic E-state index is -0.0690. The summed E-state index contributed by atoms with van der Waals surface area (Å²) >= 11 is 1.09. The number of thioether (sulfide) groups is 1. The Labute approximate surface area is 185 Å². The van der Waals surface area contributed by atoms with Crippen molar-refractivity contribution in [3.05, 3.63) is 72.1 Å². The van der Waals surface area contributed by atoms with Crippen molar-refractivity contribution in [2.24, 2.45) is 11.1 Å². The highest BCUT2D eigenvalue weighted by Gasteiger charge is 2.30. The van der Waals surface area contributed by atoms with Gasteiger partial charge in [0.15, 0.2) is 5.82 Å². The van der Waals surface area contributed by atoms with Crippen molar-refractivity contribution < 1.29 is 10.0 Å². The van der Waals surface area contributed by atoms with Crippen LogP contribution in [0.1, 0.15) is 36.5 Å². The molecule has 8 heteroatoms. The number of nitrogens with zero attached hydrogens (tertiary/aromatic N) is 5. The van der Waals surface area contributed by atoms with Gasteiger partial charge in [0.25, 0.3) is 0 Å². The summed E-state index contributed by atoms with van der Waals surface area (Å²) in [5.74, 6) is 0.945. The van der Waals surface area contributed by atoms with E-state index in [2.05, 4.69) is 34.1 Å². The molecule has 0 radical (unpaired) electrons. The number of carbonyl (C=O) groups is 1. The van der Waals surface area contributed by atoms with E-state index >= 15 is 0 Å². The Morgan fingerprint density at radius 3 is 2.45 bits per heavy atom. The van der Waals surface area contributed by atoms with Gasteiger partial charge in [-0.25, -0.2) is 0 Å². The molecule has 1 aromatic heterocycles. The number of rotatable bonds is 5. The van der Waals surface area contributed by atoms with E-state index in [9.17, 15) is 10.0 Å². The second-order valence-corrected chi connectivity index (χ2v) is 8.74. The van der Waals surface area contributed by atoms with Crippen LogP contribution in [0, 0.1) is 5.92 Å². The molecule has 1 fully saturated rings. The van der Waals surface area contributed by atoms with Crippen molar-refractivity contribution in [1.82, 2.24) is 19.7 Å². The minimum Gasteiger partial charge on any atom is -0.411 e. The monoisotopic (exact) mass is 435 g/mol. The lowest BCUT2D eigenvalue weighted by atomic mass is 9.93. The number of likely N-dealkylation sites (tertiary alicyclic amines) is 1. The molecule has 3 aromatic rings. The lowest BCUT2D eigenvalue weighted by Gasteiger charge is -2.36. The zero-order valence-corrected chi connectivity index (χ0v) is 18.4. The fraction of sp³-hybridized carbons (Fsp3) is 0.304. The second-order valence-electron chi connectivity index (χ2n) is 7.80. The first-order valence-corrected chi connectivity index (χ1v) is 11.1. The Kier molecular flexibility index (Phi) is 6.48. The van der Waals surface area contributed by atoms with Gasteiger partial charge in [0, 0.05) is 36.2 Å². The van der Waals surface area contributed by atoms with E-state index in [0.29, 0.717) is 23.7 Å². The first-order chi connectivity index (χ1) is 15.1. The van der Waals surface area contributed by atoms with Crippen LogP contribution in [-0.2, 0) is 6.54 Å². The van der Waals surface area contributed by atoms with Crippen LogP contribution in [0.5, 0.6) is 0 Å². The van der Waals surface area contributed by atoms with Gasteiger partial charge in [0.2, 0.25) is 10.3 Å². The third-order valence-corrected chi connectivity index (χ3v) is 6.45. The molecule has 1 N–H and O–H groups in total. The zero-order chi connectivity index (χ0) is 21.8. The van der Waals surface area contributed by atoms with E-state index in [4.69, 9.17) is 0 Å². The maximum absolute atomic E-state index is 12.8. The average molecular weight is 436 g/mol. The van der Waals surface area contributed by atoms with Crippen LogP contribution in [0.25, 0.3) is 5.69 Å². The molecule has 1 saturated heterocycles. The number of benzene rings is 2. The molecule has 1 aliphatic heterocycles. The Hall–Kier alpha value is -2.97. The zero-order valence-electron chi connectivity index (χ0n) is 17.5. The molecular formula is C23H25N5O2S. The molecule has 31 heavy (non-hydrogen) atoms. The van der Waals surface area contributed by atoms with Gasteiger partial charge in [-0.05, 0) is 30.8 Å². The number of aromatic nitrogens is 3. The topological polar surface area (TPSA) is 83.6 Å².